The van der Waals surface area contributed by atoms with Crippen molar-refractivity contribution in [1.29, 1.82) is 0 Å². The van der Waals surface area contributed by atoms with Crippen LogP contribution in [-0.2, 0) is 7.05 Å². The Morgan fingerprint density at radius 1 is 1.11 bits per heavy atom. The molecular formula is C20H23N7S. The highest BCUT2D eigenvalue weighted by molar-refractivity contribution is 7.98. The molecule has 0 unspecified atom stereocenters. The molecule has 144 valence electrons. The molecule has 2 aromatic heterocycles. The van der Waals surface area contributed by atoms with Crippen LogP contribution in [-0.4, -0.2) is 51.2 Å². The van der Waals surface area contributed by atoms with E-state index in [0.717, 1.165) is 50.7 Å². The molecule has 8 heteroatoms. The smallest absolute Gasteiger partial charge is 0.183 e. The van der Waals surface area contributed by atoms with Gasteiger partial charge < -0.3 is 4.90 Å². The second-order valence-electron chi connectivity index (χ2n) is 6.96. The van der Waals surface area contributed by atoms with E-state index in [0.29, 0.717) is 0 Å². The van der Waals surface area contributed by atoms with Crippen molar-refractivity contribution < 1.29 is 0 Å². The summed E-state index contributed by atoms with van der Waals surface area (Å²) in [6.07, 6.45) is 2.03. The maximum atomic E-state index is 4.87. The van der Waals surface area contributed by atoms with E-state index in [9.17, 15) is 0 Å². The number of thioether (sulfide) groups is 1. The number of anilines is 1. The maximum absolute atomic E-state index is 4.87. The molecule has 0 radical (unpaired) electrons. The van der Waals surface area contributed by atoms with Crippen LogP contribution in [0.2, 0.25) is 0 Å². The standard InChI is InChI=1S/C20H23N7S/c1-12-11-16(24-26(12)5)18-20(28-6)27-19(22-18)17(13(2)23-27)21-14-7-9-15(10-8-14)25(3)4/h7-11H,1-6H3/b21-17-. The highest BCUT2D eigenvalue weighted by Crippen LogP contribution is 2.33. The largest absolute Gasteiger partial charge is 0.378 e. The van der Waals surface area contributed by atoms with Crippen molar-refractivity contribution in [2.45, 2.75) is 18.9 Å². The molecule has 0 saturated heterocycles. The average molecular weight is 394 g/mol. The lowest BCUT2D eigenvalue weighted by molar-refractivity contribution is 0.741. The first-order chi connectivity index (χ1) is 13.4. The van der Waals surface area contributed by atoms with E-state index < -0.39 is 0 Å². The van der Waals surface area contributed by atoms with Gasteiger partial charge in [-0.05, 0) is 50.4 Å². The molecule has 1 aliphatic heterocycles. The number of aliphatic imine (C=N–C) groups is 1. The molecule has 0 aliphatic carbocycles. The summed E-state index contributed by atoms with van der Waals surface area (Å²) in [5.41, 5.74) is 6.47. The van der Waals surface area contributed by atoms with Crippen molar-refractivity contribution in [3.63, 3.8) is 0 Å². The summed E-state index contributed by atoms with van der Waals surface area (Å²) in [5, 5.41) is 10.3. The Balaban J connectivity index is 1.79. The van der Waals surface area contributed by atoms with Gasteiger partial charge in [-0.2, -0.15) is 10.2 Å². The molecule has 1 aliphatic rings. The van der Waals surface area contributed by atoms with Crippen LogP contribution in [0.15, 0.2) is 45.5 Å². The molecule has 0 saturated carbocycles. The van der Waals surface area contributed by atoms with E-state index in [1.165, 1.54) is 0 Å². The molecule has 0 amide bonds. The van der Waals surface area contributed by atoms with Gasteiger partial charge in [0.1, 0.15) is 22.1 Å². The molecule has 3 heterocycles. The lowest BCUT2D eigenvalue weighted by Gasteiger charge is -2.11. The first kappa shape index (κ1) is 18.5. The third-order valence-electron chi connectivity index (χ3n) is 4.77. The SMILES string of the molecule is CSc1c(-c2cc(C)n(C)n2)nc2n1N=C(C)/C2=N/c1ccc(N(C)C)cc1. The van der Waals surface area contributed by atoms with E-state index >= 15 is 0 Å². The predicted molar refractivity (Wildman–Crippen MR) is 116 cm³/mol. The first-order valence-corrected chi connectivity index (χ1v) is 10.2. The van der Waals surface area contributed by atoms with E-state index in [-0.39, 0.29) is 0 Å². The zero-order valence-electron chi connectivity index (χ0n) is 16.9. The Morgan fingerprint density at radius 2 is 1.82 bits per heavy atom. The Hall–Kier alpha value is -2.87. The van der Waals surface area contributed by atoms with Gasteiger partial charge in [-0.25, -0.2) is 14.7 Å². The van der Waals surface area contributed by atoms with Crippen molar-refractivity contribution in [1.82, 2.24) is 19.4 Å². The minimum Gasteiger partial charge on any atom is -0.378 e. The summed E-state index contributed by atoms with van der Waals surface area (Å²) in [5.74, 6) is 0.761. The van der Waals surface area contributed by atoms with Gasteiger partial charge in [0.05, 0.1) is 11.4 Å². The van der Waals surface area contributed by atoms with Gasteiger partial charge in [-0.15, -0.1) is 11.8 Å². The molecule has 0 spiro atoms. The second-order valence-corrected chi connectivity index (χ2v) is 7.75. The monoisotopic (exact) mass is 393 g/mol. The Labute approximate surface area is 168 Å². The number of hydrogen-bond donors (Lipinski definition) is 0. The van der Waals surface area contributed by atoms with Crippen LogP contribution in [0.4, 0.5) is 11.4 Å². The fraction of sp³-hybridized carbons (Fsp3) is 0.300. The van der Waals surface area contributed by atoms with Gasteiger partial charge in [0.2, 0.25) is 0 Å². The van der Waals surface area contributed by atoms with Gasteiger partial charge in [0.25, 0.3) is 0 Å². The van der Waals surface area contributed by atoms with Crippen LogP contribution < -0.4 is 4.90 Å². The third-order valence-corrected chi connectivity index (χ3v) is 5.53. The van der Waals surface area contributed by atoms with Crippen LogP contribution in [0, 0.1) is 6.92 Å². The predicted octanol–water partition coefficient (Wildman–Crippen LogP) is 3.74. The zero-order valence-corrected chi connectivity index (χ0v) is 17.7. The van der Waals surface area contributed by atoms with Crippen molar-refractivity contribution in [2.75, 3.05) is 25.3 Å². The van der Waals surface area contributed by atoms with E-state index in [1.807, 2.05) is 68.8 Å². The maximum Gasteiger partial charge on any atom is 0.183 e. The van der Waals surface area contributed by atoms with Crippen LogP contribution in [0.1, 0.15) is 18.4 Å². The normalized spacial score (nSPS) is 14.5. The van der Waals surface area contributed by atoms with Gasteiger partial charge in [0.15, 0.2) is 5.82 Å². The minimum atomic E-state index is 0.761. The van der Waals surface area contributed by atoms with Crippen LogP contribution in [0.5, 0.6) is 0 Å². The Kier molecular flexibility index (Phi) is 4.58. The molecule has 4 rings (SSSR count). The highest BCUT2D eigenvalue weighted by atomic mass is 32.2. The molecule has 1 aromatic carbocycles. The van der Waals surface area contributed by atoms with Gasteiger partial charge in [0, 0.05) is 32.5 Å². The highest BCUT2D eigenvalue weighted by Gasteiger charge is 2.29. The molecule has 0 N–H and O–H groups in total. The molecule has 0 atom stereocenters. The Bertz CT molecular complexity index is 1080. The lowest BCUT2D eigenvalue weighted by Crippen LogP contribution is -2.09. The quantitative estimate of drug-likeness (QED) is 0.634. The number of fused-ring (bicyclic) bond motifs is 1. The van der Waals surface area contributed by atoms with E-state index in [2.05, 4.69) is 22.1 Å². The van der Waals surface area contributed by atoms with Crippen molar-refractivity contribution >= 4 is 34.6 Å². The fourth-order valence-electron chi connectivity index (χ4n) is 3.11. The number of rotatable bonds is 4. The van der Waals surface area contributed by atoms with Crippen molar-refractivity contribution in [3.8, 4) is 11.4 Å². The molecule has 0 fully saturated rings. The fourth-order valence-corrected chi connectivity index (χ4v) is 3.76. The molecule has 3 aromatic rings. The number of aryl methyl sites for hydroxylation is 2. The minimum absolute atomic E-state index is 0.761. The van der Waals surface area contributed by atoms with Crippen LogP contribution in [0.3, 0.4) is 0 Å². The first-order valence-electron chi connectivity index (χ1n) is 8.99. The Morgan fingerprint density at radius 3 is 2.39 bits per heavy atom. The summed E-state index contributed by atoms with van der Waals surface area (Å²) in [6.45, 7) is 4.00. The van der Waals surface area contributed by atoms with Gasteiger partial charge >= 0.3 is 0 Å². The summed E-state index contributed by atoms with van der Waals surface area (Å²) < 4.78 is 3.74. The molecule has 0 bridgehead atoms. The summed E-state index contributed by atoms with van der Waals surface area (Å²) in [6, 6.07) is 10.2. The topological polar surface area (TPSA) is 63.6 Å². The number of benzene rings is 1. The number of hydrogen-bond acceptors (Lipinski definition) is 6. The third kappa shape index (κ3) is 3.03. The van der Waals surface area contributed by atoms with Crippen LogP contribution in [0.25, 0.3) is 11.4 Å². The molecular weight excluding hydrogens is 370 g/mol. The number of nitrogens with zero attached hydrogens (tertiary/aromatic N) is 7. The lowest BCUT2D eigenvalue weighted by atomic mass is 10.2. The van der Waals surface area contributed by atoms with E-state index in [4.69, 9.17) is 15.1 Å². The molecule has 7 nitrogen and oxygen atoms in total. The van der Waals surface area contributed by atoms with Crippen LogP contribution >= 0.6 is 11.8 Å². The average Bonchev–Trinajstić information content (AvgIpc) is 3.28. The van der Waals surface area contributed by atoms with Gasteiger partial charge in [-0.1, -0.05) is 0 Å². The van der Waals surface area contributed by atoms with E-state index in [1.54, 1.807) is 11.8 Å². The van der Waals surface area contributed by atoms with Crippen molar-refractivity contribution in [2.24, 2.45) is 17.1 Å². The number of aromatic nitrogens is 4. The van der Waals surface area contributed by atoms with Crippen molar-refractivity contribution in [3.05, 3.63) is 41.9 Å². The summed E-state index contributed by atoms with van der Waals surface area (Å²) >= 11 is 1.62. The summed E-state index contributed by atoms with van der Waals surface area (Å²) in [7, 11) is 5.99. The summed E-state index contributed by atoms with van der Waals surface area (Å²) in [4.78, 5) is 11.8. The second kappa shape index (κ2) is 6.94. The molecule has 28 heavy (non-hydrogen) atoms. The van der Waals surface area contributed by atoms with Gasteiger partial charge in [-0.3, -0.25) is 4.68 Å². The number of imidazole rings is 1. The zero-order chi connectivity index (χ0) is 20.0.